The number of carbonyl (C=O) groups is 5. The van der Waals surface area contributed by atoms with Gasteiger partial charge in [0.05, 0.1) is 36.7 Å². The van der Waals surface area contributed by atoms with Crippen molar-refractivity contribution < 1.29 is 66.7 Å². The zero-order valence-corrected chi connectivity index (χ0v) is 32.7. The number of benzene rings is 1. The Morgan fingerprint density at radius 2 is 1.64 bits per heavy atom. The van der Waals surface area contributed by atoms with Gasteiger partial charge in [-0.2, -0.15) is 0 Å². The summed E-state index contributed by atoms with van der Waals surface area (Å²) in [4.78, 5) is 70.0. The molecule has 14 nitrogen and oxygen atoms in total. The van der Waals surface area contributed by atoms with Gasteiger partial charge in [-0.1, -0.05) is 52.8 Å². The molecule has 1 aromatic rings. The number of carbonyl (C=O) groups excluding carboxylic acids is 5. The van der Waals surface area contributed by atoms with Crippen LogP contribution in [0.3, 0.4) is 0 Å². The predicted molar refractivity (Wildman–Crippen MR) is 187 cm³/mol. The van der Waals surface area contributed by atoms with E-state index in [-0.39, 0.29) is 29.7 Å². The quantitative estimate of drug-likeness (QED) is 0.153. The van der Waals surface area contributed by atoms with Gasteiger partial charge in [0.2, 0.25) is 5.60 Å². The van der Waals surface area contributed by atoms with E-state index in [0.717, 1.165) is 7.11 Å². The number of hydrogen-bond acceptors (Lipinski definition) is 14. The van der Waals surface area contributed by atoms with E-state index in [9.17, 15) is 24.3 Å². The Morgan fingerprint density at radius 1 is 1.00 bits per heavy atom. The highest BCUT2D eigenvalue weighted by Crippen LogP contribution is 2.67. The van der Waals surface area contributed by atoms with E-state index < -0.39 is 103 Å². The Hall–Kier alpha value is -3.79. The molecule has 1 aromatic carbocycles. The molecule has 5 aliphatic rings. The van der Waals surface area contributed by atoms with Crippen molar-refractivity contribution in [3.05, 3.63) is 47.0 Å². The Labute approximate surface area is 309 Å². The number of fused-ring (bicyclic) bond motifs is 4. The lowest BCUT2D eigenvalue weighted by molar-refractivity contribution is -0.344. The number of aliphatic hydroxyl groups excluding tert-OH is 1. The third kappa shape index (κ3) is 5.47. The molecule has 2 heterocycles. The van der Waals surface area contributed by atoms with E-state index in [0.29, 0.717) is 18.1 Å². The molecule has 1 unspecified atom stereocenters. The molecule has 290 valence electrons. The average molecular weight is 759 g/mol. The van der Waals surface area contributed by atoms with E-state index in [4.69, 9.17) is 37.6 Å². The first-order valence-corrected chi connectivity index (χ1v) is 20.8. The Kier molecular flexibility index (Phi) is 9.91. The summed E-state index contributed by atoms with van der Waals surface area (Å²) in [5.74, 6) is -3.56. The molecule has 6 rings (SSSR count). The first-order chi connectivity index (χ1) is 24.9. The second kappa shape index (κ2) is 13.5. The maximum Gasteiger partial charge on any atom is 0.509 e. The summed E-state index contributed by atoms with van der Waals surface area (Å²) >= 11 is 0. The minimum atomic E-state index is -2.58. The molecular formula is C38H50O14Si. The zero-order chi connectivity index (χ0) is 38.9. The fourth-order valence-corrected chi connectivity index (χ4v) is 13.0. The van der Waals surface area contributed by atoms with Crippen molar-refractivity contribution in [1.82, 2.24) is 0 Å². The number of rotatable bonds is 9. The molecule has 0 aromatic heterocycles. The number of aliphatic hydroxyl groups is 1. The normalized spacial score (nSPS) is 36.9. The zero-order valence-electron chi connectivity index (χ0n) is 31.7. The van der Waals surface area contributed by atoms with E-state index in [1.807, 2.05) is 20.8 Å². The highest BCUT2D eigenvalue weighted by Gasteiger charge is 2.83. The monoisotopic (exact) mass is 758 g/mol. The molecule has 2 saturated heterocycles. The number of Topliss-reactive ketones (excluding diaryl/α,β-unsaturated/α-hetero) is 1. The van der Waals surface area contributed by atoms with Gasteiger partial charge in [0.25, 0.3) is 0 Å². The van der Waals surface area contributed by atoms with Crippen molar-refractivity contribution in [2.24, 2.45) is 16.7 Å². The van der Waals surface area contributed by atoms with Gasteiger partial charge in [0, 0.05) is 18.8 Å². The lowest BCUT2D eigenvalue weighted by Gasteiger charge is -2.68. The van der Waals surface area contributed by atoms with Crippen molar-refractivity contribution in [2.75, 3.05) is 13.7 Å². The summed E-state index contributed by atoms with van der Waals surface area (Å²) in [6, 6.07) is 10.3. The van der Waals surface area contributed by atoms with Crippen LogP contribution < -0.4 is 0 Å². The van der Waals surface area contributed by atoms with Crippen LogP contribution in [0, 0.1) is 16.7 Å². The number of esters is 2. The molecule has 2 bridgehead atoms. The van der Waals surface area contributed by atoms with Crippen molar-refractivity contribution in [3.63, 3.8) is 0 Å². The van der Waals surface area contributed by atoms with Gasteiger partial charge in [0.15, 0.2) is 38.0 Å². The molecule has 10 atom stereocenters. The minimum Gasteiger partial charge on any atom is -0.454 e. The molecule has 1 spiro atoms. The molecule has 1 N–H and O–H groups in total. The maximum atomic E-state index is 15.9. The molecule has 15 heteroatoms. The maximum absolute atomic E-state index is 15.9. The van der Waals surface area contributed by atoms with Gasteiger partial charge in [-0.15, -0.1) is 0 Å². The van der Waals surface area contributed by atoms with Gasteiger partial charge < -0.3 is 42.7 Å². The van der Waals surface area contributed by atoms with E-state index in [1.165, 1.54) is 6.92 Å². The lowest BCUT2D eigenvalue weighted by atomic mass is 9.44. The van der Waals surface area contributed by atoms with Crippen LogP contribution >= 0.6 is 0 Å². The molecule has 2 saturated carbocycles. The van der Waals surface area contributed by atoms with Crippen LogP contribution in [0.2, 0.25) is 18.1 Å². The van der Waals surface area contributed by atoms with Gasteiger partial charge >= 0.3 is 24.2 Å². The van der Waals surface area contributed by atoms with Gasteiger partial charge in [-0.25, -0.2) is 14.4 Å². The molecule has 4 fully saturated rings. The van der Waals surface area contributed by atoms with Gasteiger partial charge in [-0.3, -0.25) is 9.59 Å². The topological polar surface area (TPSA) is 179 Å². The van der Waals surface area contributed by atoms with Crippen molar-refractivity contribution >= 4 is 38.3 Å². The highest BCUT2D eigenvalue weighted by atomic mass is 28.4. The predicted octanol–water partition coefficient (Wildman–Crippen LogP) is 5.06. The Bertz CT molecular complexity index is 1700. The first kappa shape index (κ1) is 38.9. The van der Waals surface area contributed by atoms with E-state index in [2.05, 4.69) is 0 Å². The number of methoxy groups -OCH3 is 1. The van der Waals surface area contributed by atoms with Gasteiger partial charge in [-0.05, 0) is 55.3 Å². The van der Waals surface area contributed by atoms with E-state index >= 15 is 4.79 Å². The summed E-state index contributed by atoms with van der Waals surface area (Å²) < 4.78 is 49.1. The van der Waals surface area contributed by atoms with Crippen LogP contribution in [0.5, 0.6) is 0 Å². The number of hydrogen-bond donors (Lipinski definition) is 1. The second-order valence-corrected chi connectivity index (χ2v) is 20.3. The highest BCUT2D eigenvalue weighted by molar-refractivity contribution is 6.73. The van der Waals surface area contributed by atoms with Crippen LogP contribution in [-0.2, 0) is 47.2 Å². The fraction of sp³-hybridized carbons (Fsp3) is 0.658. The molecular weight excluding hydrogens is 708 g/mol. The minimum absolute atomic E-state index is 0.0990. The smallest absolute Gasteiger partial charge is 0.454 e. The Morgan fingerprint density at radius 3 is 2.19 bits per heavy atom. The SMILES string of the molecule is CC[Si](CC)(CC)O[C@H]1C[C@H]2OC[C@@]2(OC(C)=O)C2[C@H](OC(=O)c3ccccc3)[C@]34OC(=O)O[C@H]3[C@H](O)C(C)=C([C@@H](OC(=O)OC)C(=O)[C@@]21C)C4(C)C. The molecule has 2 aliphatic heterocycles. The summed E-state index contributed by atoms with van der Waals surface area (Å²) in [7, 11) is -1.47. The molecule has 0 radical (unpaired) electrons. The molecule has 53 heavy (non-hydrogen) atoms. The van der Waals surface area contributed by atoms with Crippen LogP contribution in [-0.4, -0.2) is 105 Å². The third-order valence-corrected chi connectivity index (χ3v) is 17.7. The number of ketones is 1. The van der Waals surface area contributed by atoms with Crippen molar-refractivity contribution in [2.45, 2.75) is 128 Å². The van der Waals surface area contributed by atoms with Crippen LogP contribution in [0.15, 0.2) is 41.5 Å². The lowest BCUT2D eigenvalue weighted by Crippen LogP contribution is -2.83. The summed E-state index contributed by atoms with van der Waals surface area (Å²) in [6.45, 7) is 13.6. The van der Waals surface area contributed by atoms with Crippen LogP contribution in [0.1, 0.15) is 72.2 Å². The van der Waals surface area contributed by atoms with Crippen molar-refractivity contribution in [1.29, 1.82) is 0 Å². The molecule has 3 aliphatic carbocycles. The average Bonchev–Trinajstić information content (AvgIpc) is 3.50. The largest absolute Gasteiger partial charge is 0.509 e. The van der Waals surface area contributed by atoms with Gasteiger partial charge in [0.1, 0.15) is 12.2 Å². The molecule has 0 amide bonds. The summed E-state index contributed by atoms with van der Waals surface area (Å²) in [5.41, 5.74) is -6.65. The second-order valence-electron chi connectivity index (χ2n) is 15.6. The Balaban J connectivity index is 1.74. The van der Waals surface area contributed by atoms with Crippen LogP contribution in [0.25, 0.3) is 0 Å². The first-order valence-electron chi connectivity index (χ1n) is 18.3. The van der Waals surface area contributed by atoms with E-state index in [1.54, 1.807) is 58.0 Å². The van der Waals surface area contributed by atoms with Crippen LogP contribution in [0.4, 0.5) is 9.59 Å². The fourth-order valence-electron chi connectivity index (χ4n) is 10.1. The number of ether oxygens (including phenoxy) is 7. The van der Waals surface area contributed by atoms with Crippen molar-refractivity contribution in [3.8, 4) is 0 Å². The third-order valence-electron chi connectivity index (χ3n) is 13.1. The standard InChI is InChI=1S/C38H50O14Si/c1-10-53(11-2,12-3)52-23-18-24-37(19-46-24,50-21(5)39)28-31(48-32(42)22-16-14-13-15-17-22)38-30(49-34(44)51-38)26(40)20(4)25(35(38,6)7)27(47-33(43)45-9)29(41)36(23,28)8/h13-17,23-24,26-28,30-31,40H,10-12,18-19H2,1-9H3/t23-,24+,26+,27+,28?,30-,31-,36+,37-,38+/m0/s1. The summed E-state index contributed by atoms with van der Waals surface area (Å²) in [6.07, 6.45) is -10.5. The summed E-state index contributed by atoms with van der Waals surface area (Å²) in [5, 5.41) is 12.0.